The molecule has 56 valence electrons. The van der Waals surface area contributed by atoms with Gasteiger partial charge >= 0.3 is 0 Å². The monoisotopic (exact) mass is 162 g/mol. The molecule has 0 unspecified atom stereocenters. The average Bonchev–Trinajstić information content (AvgIpc) is 2.04. The molecular weight excluding hydrogens is 152 g/mol. The van der Waals surface area contributed by atoms with E-state index >= 15 is 0 Å². The zero-order valence-corrected chi connectivity index (χ0v) is 7.16. The first-order valence-electron chi connectivity index (χ1n) is 3.75. The Balaban J connectivity index is 2.27. The van der Waals surface area contributed by atoms with Crippen molar-refractivity contribution < 1.29 is 0 Å². The molecule has 1 aliphatic carbocycles. The SMILES string of the molecule is C=C1CS/C1=C1/C=CC=CC1. The van der Waals surface area contributed by atoms with Crippen molar-refractivity contribution in [3.63, 3.8) is 0 Å². The van der Waals surface area contributed by atoms with E-state index < -0.39 is 0 Å². The third-order valence-electron chi connectivity index (χ3n) is 1.89. The van der Waals surface area contributed by atoms with Gasteiger partial charge in [0.2, 0.25) is 0 Å². The normalized spacial score (nSPS) is 28.9. The molecule has 2 rings (SSSR count). The van der Waals surface area contributed by atoms with Gasteiger partial charge < -0.3 is 0 Å². The van der Waals surface area contributed by atoms with Crippen LogP contribution in [-0.4, -0.2) is 5.75 Å². The number of hydrogen-bond donors (Lipinski definition) is 0. The summed E-state index contributed by atoms with van der Waals surface area (Å²) in [5.74, 6) is 1.12. The first kappa shape index (κ1) is 6.99. The molecule has 0 bridgehead atoms. The summed E-state index contributed by atoms with van der Waals surface area (Å²) in [5.41, 5.74) is 2.75. The molecule has 0 spiro atoms. The largest absolute Gasteiger partial charge is 0.121 e. The van der Waals surface area contributed by atoms with Crippen molar-refractivity contribution in [2.45, 2.75) is 6.42 Å². The van der Waals surface area contributed by atoms with Crippen molar-refractivity contribution in [3.8, 4) is 0 Å². The minimum absolute atomic E-state index is 1.08. The minimum Gasteiger partial charge on any atom is -0.121 e. The molecular formula is C10H10S. The predicted octanol–water partition coefficient (Wildman–Crippen LogP) is 3.06. The van der Waals surface area contributed by atoms with Crippen molar-refractivity contribution >= 4 is 11.8 Å². The van der Waals surface area contributed by atoms with Crippen LogP contribution in [-0.2, 0) is 0 Å². The van der Waals surface area contributed by atoms with Crippen molar-refractivity contribution in [3.05, 3.63) is 46.9 Å². The number of allylic oxidation sites excluding steroid dienone is 6. The van der Waals surface area contributed by atoms with Gasteiger partial charge in [-0.2, -0.15) is 0 Å². The highest BCUT2D eigenvalue weighted by Gasteiger charge is 2.18. The summed E-state index contributed by atoms with van der Waals surface area (Å²) < 4.78 is 0. The molecule has 0 aromatic rings. The maximum absolute atomic E-state index is 3.98. The summed E-state index contributed by atoms with van der Waals surface area (Å²) in [7, 11) is 0. The van der Waals surface area contributed by atoms with Crippen LogP contribution in [0.1, 0.15) is 6.42 Å². The molecule has 1 saturated heterocycles. The Kier molecular flexibility index (Phi) is 1.74. The molecule has 1 heterocycles. The van der Waals surface area contributed by atoms with E-state index in [0.29, 0.717) is 0 Å². The summed E-state index contributed by atoms with van der Waals surface area (Å²) in [6.45, 7) is 3.98. The number of thioether (sulfide) groups is 1. The molecule has 0 radical (unpaired) electrons. The van der Waals surface area contributed by atoms with Gasteiger partial charge in [0.05, 0.1) is 0 Å². The van der Waals surface area contributed by atoms with Crippen molar-refractivity contribution in [1.82, 2.24) is 0 Å². The molecule has 0 N–H and O–H groups in total. The van der Waals surface area contributed by atoms with Gasteiger partial charge in [-0.1, -0.05) is 30.9 Å². The van der Waals surface area contributed by atoms with Crippen LogP contribution in [0.3, 0.4) is 0 Å². The van der Waals surface area contributed by atoms with Crippen LogP contribution in [0.2, 0.25) is 0 Å². The van der Waals surface area contributed by atoms with Crippen LogP contribution in [0.5, 0.6) is 0 Å². The predicted molar refractivity (Wildman–Crippen MR) is 51.5 cm³/mol. The highest BCUT2D eigenvalue weighted by Crippen LogP contribution is 2.41. The average molecular weight is 162 g/mol. The molecule has 0 nitrogen and oxygen atoms in total. The minimum atomic E-state index is 1.08. The Labute approximate surface area is 71.4 Å². The standard InChI is InChI=1S/C10H10S/c1-8-7-11-10(8)9-5-3-2-4-6-9/h2-5H,1,6-7H2/b10-9-. The summed E-state index contributed by atoms with van der Waals surface area (Å²) in [5, 5.41) is 0. The third kappa shape index (κ3) is 1.21. The van der Waals surface area contributed by atoms with E-state index in [1.54, 1.807) is 0 Å². The zero-order valence-electron chi connectivity index (χ0n) is 6.34. The van der Waals surface area contributed by atoms with Crippen molar-refractivity contribution in [2.75, 3.05) is 5.75 Å². The molecule has 0 aromatic heterocycles. The molecule has 0 amide bonds. The Morgan fingerprint density at radius 3 is 2.73 bits per heavy atom. The summed E-state index contributed by atoms with van der Waals surface area (Å²) in [6.07, 6.45) is 9.65. The molecule has 1 aliphatic heterocycles. The van der Waals surface area contributed by atoms with Gasteiger partial charge in [0.15, 0.2) is 0 Å². The fraction of sp³-hybridized carbons (Fsp3) is 0.200. The van der Waals surface area contributed by atoms with E-state index in [4.69, 9.17) is 0 Å². The van der Waals surface area contributed by atoms with E-state index in [-0.39, 0.29) is 0 Å². The summed E-state index contributed by atoms with van der Waals surface area (Å²) in [4.78, 5) is 1.42. The van der Waals surface area contributed by atoms with E-state index in [0.717, 1.165) is 12.2 Å². The molecule has 0 aromatic carbocycles. The van der Waals surface area contributed by atoms with E-state index in [2.05, 4.69) is 30.9 Å². The van der Waals surface area contributed by atoms with Gasteiger partial charge in [0.1, 0.15) is 0 Å². The Morgan fingerprint density at radius 1 is 1.36 bits per heavy atom. The number of rotatable bonds is 0. The molecule has 11 heavy (non-hydrogen) atoms. The van der Waals surface area contributed by atoms with Crippen molar-refractivity contribution in [2.24, 2.45) is 0 Å². The van der Waals surface area contributed by atoms with Gasteiger partial charge in [0.25, 0.3) is 0 Å². The maximum Gasteiger partial charge on any atom is 0.0237 e. The lowest BCUT2D eigenvalue weighted by Gasteiger charge is -2.23. The topological polar surface area (TPSA) is 0 Å². The molecule has 0 saturated carbocycles. The lowest BCUT2D eigenvalue weighted by Crippen LogP contribution is -2.04. The Bertz CT molecular complexity index is 279. The van der Waals surface area contributed by atoms with Gasteiger partial charge in [-0.15, -0.1) is 11.8 Å². The summed E-state index contributed by atoms with van der Waals surface area (Å²) >= 11 is 1.91. The lowest BCUT2D eigenvalue weighted by molar-refractivity contribution is 1.23. The molecule has 0 atom stereocenters. The Morgan fingerprint density at radius 2 is 2.27 bits per heavy atom. The van der Waals surface area contributed by atoms with Crippen LogP contribution >= 0.6 is 11.8 Å². The van der Waals surface area contributed by atoms with Gasteiger partial charge in [-0.3, -0.25) is 0 Å². The first-order chi connectivity index (χ1) is 5.38. The van der Waals surface area contributed by atoms with Crippen LogP contribution in [0.25, 0.3) is 0 Å². The Hall–Kier alpha value is -0.690. The van der Waals surface area contributed by atoms with Gasteiger partial charge in [0, 0.05) is 10.7 Å². The quantitative estimate of drug-likeness (QED) is 0.527. The highest BCUT2D eigenvalue weighted by atomic mass is 32.2. The highest BCUT2D eigenvalue weighted by molar-refractivity contribution is 8.05. The second kappa shape index (κ2) is 2.74. The van der Waals surface area contributed by atoms with E-state index in [9.17, 15) is 0 Å². The first-order valence-corrected chi connectivity index (χ1v) is 4.74. The molecule has 2 aliphatic rings. The fourth-order valence-electron chi connectivity index (χ4n) is 1.25. The van der Waals surface area contributed by atoms with E-state index in [1.807, 2.05) is 11.8 Å². The molecule has 1 heteroatoms. The van der Waals surface area contributed by atoms with Crippen LogP contribution in [0, 0.1) is 0 Å². The summed E-state index contributed by atoms with van der Waals surface area (Å²) in [6, 6.07) is 0. The second-order valence-corrected chi connectivity index (χ2v) is 3.72. The van der Waals surface area contributed by atoms with Gasteiger partial charge in [-0.05, 0) is 17.6 Å². The van der Waals surface area contributed by atoms with Crippen LogP contribution in [0.4, 0.5) is 0 Å². The van der Waals surface area contributed by atoms with Crippen LogP contribution < -0.4 is 0 Å². The third-order valence-corrected chi connectivity index (χ3v) is 3.22. The zero-order chi connectivity index (χ0) is 7.68. The maximum atomic E-state index is 3.98. The van der Waals surface area contributed by atoms with Crippen molar-refractivity contribution in [1.29, 1.82) is 0 Å². The smallest absolute Gasteiger partial charge is 0.0237 e. The van der Waals surface area contributed by atoms with Gasteiger partial charge in [-0.25, -0.2) is 0 Å². The second-order valence-electron chi connectivity index (χ2n) is 2.74. The molecule has 1 fully saturated rings. The number of hydrogen-bond acceptors (Lipinski definition) is 1. The fourth-order valence-corrected chi connectivity index (χ4v) is 2.08. The lowest BCUT2D eigenvalue weighted by atomic mass is 10.0. The van der Waals surface area contributed by atoms with Crippen LogP contribution in [0.15, 0.2) is 46.9 Å². The van der Waals surface area contributed by atoms with E-state index in [1.165, 1.54) is 16.1 Å².